The molecule has 12 heteroatoms. The van der Waals surface area contributed by atoms with Crippen LogP contribution in [0.25, 0.3) is 0 Å². The van der Waals surface area contributed by atoms with Gasteiger partial charge in [0.15, 0.2) is 6.61 Å². The number of rotatable bonds is 12. The number of methoxy groups -OCH3 is 1. The van der Waals surface area contributed by atoms with E-state index in [2.05, 4.69) is 10.0 Å². The second-order valence-corrected chi connectivity index (χ2v) is 11.4. The van der Waals surface area contributed by atoms with Crippen LogP contribution in [0.2, 0.25) is 0 Å². The number of carbonyl (C=O) groups excluding carboxylic acids is 1. The highest BCUT2D eigenvalue weighted by molar-refractivity contribution is 7.89. The van der Waals surface area contributed by atoms with E-state index in [1.54, 1.807) is 24.3 Å². The summed E-state index contributed by atoms with van der Waals surface area (Å²) < 4.78 is 63.5. The maximum atomic E-state index is 12.6. The van der Waals surface area contributed by atoms with E-state index in [1.807, 2.05) is 0 Å². The minimum atomic E-state index is -3.64. The van der Waals surface area contributed by atoms with Crippen molar-refractivity contribution in [1.29, 1.82) is 0 Å². The van der Waals surface area contributed by atoms with Crippen LogP contribution in [-0.4, -0.2) is 67.0 Å². The molecule has 1 heterocycles. The minimum Gasteiger partial charge on any atom is -0.484 e. The van der Waals surface area contributed by atoms with Crippen LogP contribution in [0.4, 0.5) is 0 Å². The maximum Gasteiger partial charge on any atom is 0.258 e. The number of ether oxygens (including phenoxy) is 2. The molecule has 3 rings (SSSR count). The molecular weight excluding hydrogens is 482 g/mol. The predicted octanol–water partition coefficient (Wildman–Crippen LogP) is 1.09. The lowest BCUT2D eigenvalue weighted by atomic mass is 10.2. The Labute approximate surface area is 200 Å². The monoisotopic (exact) mass is 511 g/mol. The van der Waals surface area contributed by atoms with Crippen molar-refractivity contribution in [2.24, 2.45) is 0 Å². The van der Waals surface area contributed by atoms with E-state index in [0.29, 0.717) is 18.8 Å². The predicted molar refractivity (Wildman–Crippen MR) is 125 cm³/mol. The molecule has 186 valence electrons. The fraction of sp³-hybridized carbons (Fsp3) is 0.409. The summed E-state index contributed by atoms with van der Waals surface area (Å²) in [5, 5.41) is 2.71. The summed E-state index contributed by atoms with van der Waals surface area (Å²) in [6.07, 6.45) is 1.75. The summed E-state index contributed by atoms with van der Waals surface area (Å²) in [5.74, 6) is -0.0193. The lowest BCUT2D eigenvalue weighted by Gasteiger charge is -2.15. The van der Waals surface area contributed by atoms with Crippen molar-refractivity contribution >= 4 is 26.0 Å². The first-order valence-corrected chi connectivity index (χ1v) is 13.7. The summed E-state index contributed by atoms with van der Waals surface area (Å²) in [6, 6.07) is 12.2. The molecule has 0 spiro atoms. The van der Waals surface area contributed by atoms with Crippen molar-refractivity contribution < 1.29 is 31.1 Å². The first-order valence-electron chi connectivity index (χ1n) is 10.8. The van der Waals surface area contributed by atoms with Gasteiger partial charge in [-0.05, 0) is 54.8 Å². The Morgan fingerprint density at radius 3 is 2.18 bits per heavy atom. The highest BCUT2D eigenvalue weighted by Crippen LogP contribution is 2.21. The van der Waals surface area contributed by atoms with Gasteiger partial charge in [-0.25, -0.2) is 21.6 Å². The molecule has 0 saturated carbocycles. The normalized spacial score (nSPS) is 14.7. The van der Waals surface area contributed by atoms with Gasteiger partial charge in [0, 0.05) is 33.3 Å². The van der Waals surface area contributed by atoms with Gasteiger partial charge in [0.05, 0.1) is 16.4 Å². The third-order valence-electron chi connectivity index (χ3n) is 5.22. The van der Waals surface area contributed by atoms with Gasteiger partial charge in [-0.3, -0.25) is 4.79 Å². The first-order chi connectivity index (χ1) is 16.2. The number of hydrogen-bond donors (Lipinski definition) is 2. The van der Waals surface area contributed by atoms with E-state index in [4.69, 9.17) is 9.47 Å². The highest BCUT2D eigenvalue weighted by Gasteiger charge is 2.26. The number of sulfonamides is 2. The van der Waals surface area contributed by atoms with E-state index in [0.717, 1.165) is 18.4 Å². The van der Waals surface area contributed by atoms with E-state index >= 15 is 0 Å². The number of amides is 1. The highest BCUT2D eigenvalue weighted by atomic mass is 32.2. The Morgan fingerprint density at radius 2 is 1.56 bits per heavy atom. The zero-order chi connectivity index (χ0) is 24.6. The fourth-order valence-corrected chi connectivity index (χ4v) is 5.86. The number of nitrogens with one attached hydrogen (secondary N) is 2. The fourth-order valence-electron chi connectivity index (χ4n) is 3.33. The summed E-state index contributed by atoms with van der Waals surface area (Å²) in [6.45, 7) is 1.48. The summed E-state index contributed by atoms with van der Waals surface area (Å²) in [5.41, 5.74) is 0.754. The average Bonchev–Trinajstić information content (AvgIpc) is 3.38. The van der Waals surface area contributed by atoms with Gasteiger partial charge < -0.3 is 14.8 Å². The molecular formula is C22H29N3O7S2. The van der Waals surface area contributed by atoms with Crippen molar-refractivity contribution in [3.05, 3.63) is 54.1 Å². The van der Waals surface area contributed by atoms with Gasteiger partial charge in [-0.2, -0.15) is 4.31 Å². The van der Waals surface area contributed by atoms with Gasteiger partial charge >= 0.3 is 0 Å². The van der Waals surface area contributed by atoms with Gasteiger partial charge in [-0.15, -0.1) is 0 Å². The van der Waals surface area contributed by atoms with Crippen LogP contribution in [0.1, 0.15) is 18.4 Å². The molecule has 0 aliphatic carbocycles. The number of hydrogen-bond acceptors (Lipinski definition) is 7. The quantitative estimate of drug-likeness (QED) is 0.408. The van der Waals surface area contributed by atoms with E-state index in [9.17, 15) is 21.6 Å². The van der Waals surface area contributed by atoms with Crippen LogP contribution in [0, 0.1) is 0 Å². The molecule has 1 aliphatic rings. The van der Waals surface area contributed by atoms with Crippen LogP contribution in [0.15, 0.2) is 58.3 Å². The van der Waals surface area contributed by atoms with Crippen molar-refractivity contribution in [3.63, 3.8) is 0 Å². The second kappa shape index (κ2) is 11.8. The Morgan fingerprint density at radius 1 is 0.941 bits per heavy atom. The molecule has 2 aromatic carbocycles. The number of benzene rings is 2. The van der Waals surface area contributed by atoms with Crippen LogP contribution >= 0.6 is 0 Å². The SMILES string of the molecule is COCCNS(=O)(=O)c1ccc(OCC(=O)NCc2ccc(S(=O)(=O)N3CCCC3)cc2)cc1. The smallest absolute Gasteiger partial charge is 0.258 e. The van der Waals surface area contributed by atoms with Crippen molar-refractivity contribution in [2.75, 3.05) is 40.0 Å². The lowest BCUT2D eigenvalue weighted by Crippen LogP contribution is -2.29. The molecule has 10 nitrogen and oxygen atoms in total. The van der Waals surface area contributed by atoms with Crippen molar-refractivity contribution in [3.8, 4) is 5.75 Å². The molecule has 0 atom stereocenters. The molecule has 0 bridgehead atoms. The van der Waals surface area contributed by atoms with Gasteiger partial charge in [-0.1, -0.05) is 12.1 Å². The van der Waals surface area contributed by atoms with E-state index in [-0.39, 0.29) is 42.0 Å². The molecule has 0 radical (unpaired) electrons. The molecule has 0 aromatic heterocycles. The lowest BCUT2D eigenvalue weighted by molar-refractivity contribution is -0.123. The Kier molecular flexibility index (Phi) is 9.03. The summed E-state index contributed by atoms with van der Waals surface area (Å²) in [7, 11) is -5.63. The van der Waals surface area contributed by atoms with Crippen LogP contribution in [0.3, 0.4) is 0 Å². The first kappa shape index (κ1) is 26.1. The van der Waals surface area contributed by atoms with Gasteiger partial charge in [0.25, 0.3) is 5.91 Å². The van der Waals surface area contributed by atoms with Gasteiger partial charge in [0.1, 0.15) is 5.75 Å². The second-order valence-electron chi connectivity index (χ2n) is 7.68. The van der Waals surface area contributed by atoms with Gasteiger partial charge in [0.2, 0.25) is 20.0 Å². The van der Waals surface area contributed by atoms with E-state index in [1.165, 1.54) is 35.7 Å². The third kappa shape index (κ3) is 7.00. The zero-order valence-corrected chi connectivity index (χ0v) is 20.5. The molecule has 1 aliphatic heterocycles. The van der Waals surface area contributed by atoms with Crippen molar-refractivity contribution in [1.82, 2.24) is 14.3 Å². The average molecular weight is 512 g/mol. The molecule has 2 aromatic rings. The van der Waals surface area contributed by atoms with Crippen LogP contribution < -0.4 is 14.8 Å². The number of carbonyl (C=O) groups is 1. The topological polar surface area (TPSA) is 131 Å². The van der Waals surface area contributed by atoms with Crippen molar-refractivity contribution in [2.45, 2.75) is 29.2 Å². The maximum absolute atomic E-state index is 12.6. The zero-order valence-electron chi connectivity index (χ0n) is 18.9. The molecule has 2 N–H and O–H groups in total. The molecule has 1 fully saturated rings. The largest absolute Gasteiger partial charge is 0.484 e. The molecule has 0 unspecified atom stereocenters. The van der Waals surface area contributed by atoms with E-state index < -0.39 is 20.0 Å². The standard InChI is InChI=1S/C22H29N3O7S2/c1-31-15-12-24-33(27,28)20-10-6-19(7-11-20)32-17-22(26)23-16-18-4-8-21(9-5-18)34(29,30)25-13-2-3-14-25/h4-11,24H,2-3,12-17H2,1H3,(H,23,26). The Balaban J connectivity index is 1.45. The summed E-state index contributed by atoms with van der Waals surface area (Å²) in [4.78, 5) is 12.4. The number of nitrogens with zero attached hydrogens (tertiary/aromatic N) is 1. The molecule has 34 heavy (non-hydrogen) atoms. The third-order valence-corrected chi connectivity index (χ3v) is 8.61. The van der Waals surface area contributed by atoms with Crippen LogP contribution in [0.5, 0.6) is 5.75 Å². The van der Waals surface area contributed by atoms with Crippen LogP contribution in [-0.2, 0) is 36.1 Å². The minimum absolute atomic E-state index is 0.0793. The molecule has 1 amide bonds. The molecule has 1 saturated heterocycles. The summed E-state index contributed by atoms with van der Waals surface area (Å²) >= 11 is 0. The Hall–Kier alpha value is -2.51. The Bertz CT molecular complexity index is 1160.